The molecule has 2 aliphatic rings. The number of piperidine rings is 1. The van der Waals surface area contributed by atoms with Crippen LogP contribution in [0, 0.1) is 6.92 Å². The smallest absolute Gasteiger partial charge is 0.318 e. The number of piperazine rings is 1. The van der Waals surface area contributed by atoms with Gasteiger partial charge in [-0.2, -0.15) is 0 Å². The zero-order valence-electron chi connectivity index (χ0n) is 12.7. The van der Waals surface area contributed by atoms with Gasteiger partial charge in [0.15, 0.2) is 0 Å². The molecule has 3 rings (SSSR count). The predicted octanol–water partition coefficient (Wildman–Crippen LogP) is 1.61. The molecule has 0 saturated carbocycles. The van der Waals surface area contributed by atoms with Crippen molar-refractivity contribution in [2.75, 3.05) is 19.6 Å². The maximum Gasteiger partial charge on any atom is 0.318 e. The molecule has 2 fully saturated rings. The van der Waals surface area contributed by atoms with Crippen LogP contribution in [0.3, 0.4) is 0 Å². The predicted molar refractivity (Wildman–Crippen MR) is 82.3 cm³/mol. The van der Waals surface area contributed by atoms with E-state index >= 15 is 0 Å². The van der Waals surface area contributed by atoms with Crippen molar-refractivity contribution in [2.24, 2.45) is 0 Å². The van der Waals surface area contributed by atoms with Crippen LogP contribution >= 0.6 is 11.5 Å². The van der Waals surface area contributed by atoms with E-state index < -0.39 is 0 Å². The number of amides is 2. The standard InChI is InChI=1S/C14H23N5OS/c1-10-8-18-6-4-3-5-12(18)9-19(10)14(20)15-7-13-11(2)16-17-21-13/h10,12H,3-9H2,1-2H3,(H,15,20). The fraction of sp³-hybridized carbons (Fsp3) is 0.786. The monoisotopic (exact) mass is 309 g/mol. The van der Waals surface area contributed by atoms with E-state index in [1.54, 1.807) is 0 Å². The van der Waals surface area contributed by atoms with Crippen LogP contribution < -0.4 is 5.32 Å². The highest BCUT2D eigenvalue weighted by Crippen LogP contribution is 2.24. The molecule has 1 aromatic heterocycles. The molecule has 6 nitrogen and oxygen atoms in total. The third-order valence-electron chi connectivity index (χ3n) is 4.59. The fourth-order valence-corrected chi connectivity index (χ4v) is 3.88. The van der Waals surface area contributed by atoms with Gasteiger partial charge in [0.25, 0.3) is 0 Å². The zero-order chi connectivity index (χ0) is 14.8. The van der Waals surface area contributed by atoms with Gasteiger partial charge in [-0.1, -0.05) is 10.9 Å². The first kappa shape index (κ1) is 14.7. The van der Waals surface area contributed by atoms with Crippen LogP contribution in [0.1, 0.15) is 36.8 Å². The van der Waals surface area contributed by atoms with Crippen molar-refractivity contribution in [2.45, 2.75) is 51.7 Å². The molecule has 2 unspecified atom stereocenters. The molecule has 0 radical (unpaired) electrons. The number of hydrogen-bond donors (Lipinski definition) is 1. The molecule has 7 heteroatoms. The van der Waals surface area contributed by atoms with E-state index in [4.69, 9.17) is 0 Å². The fourth-order valence-electron chi connectivity index (χ4n) is 3.31. The minimum atomic E-state index is 0.0422. The number of nitrogens with zero attached hydrogens (tertiary/aromatic N) is 4. The normalized spacial score (nSPS) is 26.5. The summed E-state index contributed by atoms with van der Waals surface area (Å²) in [7, 11) is 0. The van der Waals surface area contributed by atoms with Crippen LogP contribution in [0.2, 0.25) is 0 Å². The van der Waals surface area contributed by atoms with Gasteiger partial charge in [0.2, 0.25) is 0 Å². The number of urea groups is 1. The van der Waals surface area contributed by atoms with Gasteiger partial charge in [-0.25, -0.2) is 4.79 Å². The molecule has 2 atom stereocenters. The van der Waals surface area contributed by atoms with E-state index in [9.17, 15) is 4.79 Å². The highest BCUT2D eigenvalue weighted by molar-refractivity contribution is 7.05. The van der Waals surface area contributed by atoms with Crippen molar-refractivity contribution in [3.63, 3.8) is 0 Å². The maximum absolute atomic E-state index is 12.4. The molecular weight excluding hydrogens is 286 g/mol. The first-order valence-corrected chi connectivity index (χ1v) is 8.49. The quantitative estimate of drug-likeness (QED) is 0.902. The van der Waals surface area contributed by atoms with Crippen LogP contribution in [0.15, 0.2) is 0 Å². The topological polar surface area (TPSA) is 61.4 Å². The zero-order valence-corrected chi connectivity index (χ0v) is 13.5. The molecule has 0 spiro atoms. The van der Waals surface area contributed by atoms with Gasteiger partial charge in [-0.15, -0.1) is 5.10 Å². The SMILES string of the molecule is Cc1nnsc1CNC(=O)N1CC2CCCCN2CC1C. The van der Waals surface area contributed by atoms with Crippen molar-refractivity contribution >= 4 is 17.6 Å². The molecule has 3 heterocycles. The van der Waals surface area contributed by atoms with Crippen molar-refractivity contribution in [3.05, 3.63) is 10.6 Å². The third-order valence-corrected chi connectivity index (χ3v) is 5.42. The summed E-state index contributed by atoms with van der Waals surface area (Å²) in [6.45, 7) is 7.64. The summed E-state index contributed by atoms with van der Waals surface area (Å²) < 4.78 is 3.90. The summed E-state index contributed by atoms with van der Waals surface area (Å²) in [6, 6.07) is 0.869. The van der Waals surface area contributed by atoms with Gasteiger partial charge < -0.3 is 10.2 Å². The largest absolute Gasteiger partial charge is 0.333 e. The summed E-state index contributed by atoms with van der Waals surface area (Å²) in [6.07, 6.45) is 3.80. The summed E-state index contributed by atoms with van der Waals surface area (Å²) in [5.74, 6) is 0. The molecular formula is C14H23N5OS. The van der Waals surface area contributed by atoms with Crippen molar-refractivity contribution < 1.29 is 4.79 Å². The number of aryl methyl sites for hydroxylation is 1. The molecule has 0 aliphatic carbocycles. The molecule has 0 bridgehead atoms. The van der Waals surface area contributed by atoms with Gasteiger partial charge in [-0.05, 0) is 44.8 Å². The number of nitrogens with one attached hydrogen (secondary N) is 1. The lowest BCUT2D eigenvalue weighted by atomic mass is 9.97. The van der Waals surface area contributed by atoms with Crippen molar-refractivity contribution in [3.8, 4) is 0 Å². The highest BCUT2D eigenvalue weighted by atomic mass is 32.1. The van der Waals surface area contributed by atoms with Crippen molar-refractivity contribution in [1.29, 1.82) is 0 Å². The molecule has 2 amide bonds. The van der Waals surface area contributed by atoms with E-state index in [1.165, 1.54) is 37.3 Å². The summed E-state index contributed by atoms with van der Waals surface area (Å²) in [4.78, 5) is 18.0. The third kappa shape index (κ3) is 3.18. The van der Waals surface area contributed by atoms with Gasteiger partial charge in [0.05, 0.1) is 17.1 Å². The van der Waals surface area contributed by atoms with E-state index in [2.05, 4.69) is 26.7 Å². The van der Waals surface area contributed by atoms with Gasteiger partial charge in [0.1, 0.15) is 0 Å². The average Bonchev–Trinajstić information content (AvgIpc) is 2.89. The number of carbonyl (C=O) groups is 1. The number of carbonyl (C=O) groups excluding carboxylic acids is 1. The second-order valence-electron chi connectivity index (χ2n) is 6.09. The Morgan fingerprint density at radius 2 is 2.29 bits per heavy atom. The van der Waals surface area contributed by atoms with Crippen LogP contribution in [0.4, 0.5) is 4.79 Å². The maximum atomic E-state index is 12.4. The van der Waals surface area contributed by atoms with Crippen LogP contribution in [-0.4, -0.2) is 57.1 Å². The Morgan fingerprint density at radius 3 is 3.05 bits per heavy atom. The molecule has 1 aromatic rings. The van der Waals surface area contributed by atoms with Gasteiger partial charge in [-0.3, -0.25) is 4.90 Å². The Balaban J connectivity index is 1.57. The van der Waals surface area contributed by atoms with Crippen LogP contribution in [0.25, 0.3) is 0 Å². The highest BCUT2D eigenvalue weighted by Gasteiger charge is 2.35. The van der Waals surface area contributed by atoms with Crippen molar-refractivity contribution in [1.82, 2.24) is 24.7 Å². The van der Waals surface area contributed by atoms with Crippen LogP contribution in [-0.2, 0) is 6.54 Å². The number of fused-ring (bicyclic) bond motifs is 1. The van der Waals surface area contributed by atoms with Gasteiger partial charge >= 0.3 is 6.03 Å². The minimum absolute atomic E-state index is 0.0422. The Kier molecular flexibility index (Phi) is 4.40. The molecule has 116 valence electrons. The van der Waals surface area contributed by atoms with Crippen LogP contribution in [0.5, 0.6) is 0 Å². The van der Waals surface area contributed by atoms with Gasteiger partial charge in [0, 0.05) is 25.2 Å². The Bertz CT molecular complexity index is 505. The second kappa shape index (κ2) is 6.27. The molecule has 2 saturated heterocycles. The van der Waals surface area contributed by atoms with E-state index in [0.29, 0.717) is 12.6 Å². The molecule has 21 heavy (non-hydrogen) atoms. The Morgan fingerprint density at radius 1 is 1.43 bits per heavy atom. The molecule has 2 aliphatic heterocycles. The molecule has 0 aromatic carbocycles. The first-order chi connectivity index (χ1) is 10.1. The van der Waals surface area contributed by atoms with E-state index in [0.717, 1.165) is 23.7 Å². The van der Waals surface area contributed by atoms with E-state index in [-0.39, 0.29) is 12.1 Å². The summed E-state index contributed by atoms with van der Waals surface area (Å²) >= 11 is 1.35. The summed E-state index contributed by atoms with van der Waals surface area (Å²) in [5.41, 5.74) is 0.908. The lowest BCUT2D eigenvalue weighted by molar-refractivity contribution is 0.0345. The number of rotatable bonds is 2. The molecule has 1 N–H and O–H groups in total. The lowest BCUT2D eigenvalue weighted by Crippen LogP contribution is -2.61. The first-order valence-electron chi connectivity index (χ1n) is 7.71. The minimum Gasteiger partial charge on any atom is -0.333 e. The average molecular weight is 309 g/mol. The number of aromatic nitrogens is 2. The Labute approximate surface area is 129 Å². The van der Waals surface area contributed by atoms with E-state index in [1.807, 2.05) is 11.8 Å². The second-order valence-corrected chi connectivity index (χ2v) is 6.92. The lowest BCUT2D eigenvalue weighted by Gasteiger charge is -2.47. The summed E-state index contributed by atoms with van der Waals surface area (Å²) in [5, 5.41) is 6.99. The Hall–Kier alpha value is -1.21. The number of hydrogen-bond acceptors (Lipinski definition) is 5.